The molecule has 1 heterocycles. The van der Waals surface area contributed by atoms with Crippen molar-refractivity contribution < 1.29 is 9.84 Å². The van der Waals surface area contributed by atoms with Gasteiger partial charge in [0, 0.05) is 13.0 Å². The van der Waals surface area contributed by atoms with Crippen LogP contribution in [-0.4, -0.2) is 23.4 Å². The number of aliphatic hydroxyl groups is 1. The fourth-order valence-electron chi connectivity index (χ4n) is 1.47. The summed E-state index contributed by atoms with van der Waals surface area (Å²) in [6, 6.07) is 0. The molecule has 1 aliphatic heterocycles. The second-order valence-corrected chi connectivity index (χ2v) is 3.57. The zero-order valence-corrected chi connectivity index (χ0v) is 6.76. The van der Waals surface area contributed by atoms with E-state index in [1.807, 2.05) is 0 Å². The van der Waals surface area contributed by atoms with Crippen molar-refractivity contribution in [1.29, 1.82) is 0 Å². The molecule has 0 aromatic carbocycles. The lowest BCUT2D eigenvalue weighted by molar-refractivity contribution is -0.187. The van der Waals surface area contributed by atoms with Crippen LogP contribution < -0.4 is 0 Å². The molecule has 0 spiro atoms. The van der Waals surface area contributed by atoms with E-state index >= 15 is 0 Å². The van der Waals surface area contributed by atoms with E-state index < -0.39 is 0 Å². The van der Waals surface area contributed by atoms with E-state index in [9.17, 15) is 0 Å². The summed E-state index contributed by atoms with van der Waals surface area (Å²) < 4.78 is 5.52. The normalized spacial score (nSPS) is 29.7. The Morgan fingerprint density at radius 1 is 1.60 bits per heavy atom. The molecule has 1 aliphatic rings. The van der Waals surface area contributed by atoms with Crippen molar-refractivity contribution in [1.82, 2.24) is 0 Å². The van der Waals surface area contributed by atoms with Gasteiger partial charge in [-0.05, 0) is 26.7 Å². The van der Waals surface area contributed by atoms with Gasteiger partial charge in [-0.15, -0.1) is 0 Å². The van der Waals surface area contributed by atoms with E-state index in [0.717, 1.165) is 19.3 Å². The highest BCUT2D eigenvalue weighted by Gasteiger charge is 2.36. The topological polar surface area (TPSA) is 29.5 Å². The Balaban J connectivity index is 2.03. The predicted octanol–water partition coefficient (Wildman–Crippen LogP) is 1.33. The summed E-state index contributed by atoms with van der Waals surface area (Å²) in [6.07, 6.45) is 3.45. The highest BCUT2D eigenvalue weighted by molar-refractivity contribution is 4.85. The van der Waals surface area contributed by atoms with E-state index in [1.54, 1.807) is 0 Å². The van der Waals surface area contributed by atoms with Crippen LogP contribution in [0, 0.1) is 0 Å². The van der Waals surface area contributed by atoms with Crippen LogP contribution in [0.1, 0.15) is 33.1 Å². The second kappa shape index (κ2) is 2.89. The largest absolute Gasteiger partial charge is 0.396 e. The number of hydrogen-bond donors (Lipinski definition) is 1. The van der Waals surface area contributed by atoms with Crippen LogP contribution in [0.2, 0.25) is 0 Å². The van der Waals surface area contributed by atoms with Crippen LogP contribution in [0.15, 0.2) is 0 Å². The second-order valence-electron chi connectivity index (χ2n) is 3.57. The van der Waals surface area contributed by atoms with Gasteiger partial charge in [-0.25, -0.2) is 0 Å². The molecule has 0 aromatic rings. The smallest absolute Gasteiger partial charge is 0.0655 e. The van der Waals surface area contributed by atoms with Gasteiger partial charge in [0.1, 0.15) is 0 Å². The van der Waals surface area contributed by atoms with Crippen molar-refractivity contribution in [2.24, 2.45) is 0 Å². The van der Waals surface area contributed by atoms with Crippen molar-refractivity contribution in [3.05, 3.63) is 0 Å². The zero-order chi connectivity index (χ0) is 7.61. The number of aliphatic hydroxyl groups excluding tert-OH is 1. The fourth-order valence-corrected chi connectivity index (χ4v) is 1.47. The number of hydrogen-bond acceptors (Lipinski definition) is 2. The molecule has 1 atom stereocenters. The van der Waals surface area contributed by atoms with E-state index in [-0.39, 0.29) is 5.60 Å². The standard InChI is InChI=1S/C8H16O2/c1-8(2)6-7(10-8)4-3-5-9/h7,9H,3-6H2,1-2H3. The minimum absolute atomic E-state index is 0.111. The Kier molecular flexibility index (Phi) is 2.32. The summed E-state index contributed by atoms with van der Waals surface area (Å²) in [6.45, 7) is 4.49. The monoisotopic (exact) mass is 144 g/mol. The van der Waals surface area contributed by atoms with Crippen LogP contribution in [0.3, 0.4) is 0 Å². The molecule has 0 radical (unpaired) electrons. The van der Waals surface area contributed by atoms with Gasteiger partial charge in [-0.2, -0.15) is 0 Å². The lowest BCUT2D eigenvalue weighted by Gasteiger charge is -2.43. The molecule has 0 aliphatic carbocycles. The highest BCUT2D eigenvalue weighted by Crippen LogP contribution is 2.33. The molecule has 1 saturated heterocycles. The molecular formula is C8H16O2. The number of ether oxygens (including phenoxy) is 1. The zero-order valence-electron chi connectivity index (χ0n) is 6.76. The molecule has 1 N–H and O–H groups in total. The molecule has 0 saturated carbocycles. The van der Waals surface area contributed by atoms with Crippen LogP contribution in [0.25, 0.3) is 0 Å². The lowest BCUT2D eigenvalue weighted by atomic mass is 9.91. The Hall–Kier alpha value is -0.0800. The van der Waals surface area contributed by atoms with Gasteiger partial charge in [0.15, 0.2) is 0 Å². The predicted molar refractivity (Wildman–Crippen MR) is 39.9 cm³/mol. The third-order valence-electron chi connectivity index (χ3n) is 1.89. The molecule has 0 bridgehead atoms. The minimum atomic E-state index is 0.111. The molecule has 10 heavy (non-hydrogen) atoms. The van der Waals surface area contributed by atoms with Crippen LogP contribution in [0.5, 0.6) is 0 Å². The van der Waals surface area contributed by atoms with Gasteiger partial charge in [0.25, 0.3) is 0 Å². The first-order valence-corrected chi connectivity index (χ1v) is 3.93. The summed E-state index contributed by atoms with van der Waals surface area (Å²) in [5, 5.41) is 8.51. The maximum atomic E-state index is 8.51. The van der Waals surface area contributed by atoms with Crippen molar-refractivity contribution in [3.8, 4) is 0 Å². The first-order chi connectivity index (χ1) is 4.64. The minimum Gasteiger partial charge on any atom is -0.396 e. The summed E-state index contributed by atoms with van der Waals surface area (Å²) in [7, 11) is 0. The van der Waals surface area contributed by atoms with E-state index in [2.05, 4.69) is 13.8 Å². The Labute approximate surface area is 62.2 Å². The van der Waals surface area contributed by atoms with Crippen LogP contribution in [-0.2, 0) is 4.74 Å². The quantitative estimate of drug-likeness (QED) is 0.647. The molecule has 2 nitrogen and oxygen atoms in total. The summed E-state index contributed by atoms with van der Waals surface area (Å²) in [5.41, 5.74) is 0.111. The highest BCUT2D eigenvalue weighted by atomic mass is 16.5. The molecule has 1 fully saturated rings. The molecular weight excluding hydrogens is 128 g/mol. The molecule has 0 aromatic heterocycles. The van der Waals surface area contributed by atoms with E-state index in [1.165, 1.54) is 0 Å². The molecule has 0 amide bonds. The van der Waals surface area contributed by atoms with E-state index in [0.29, 0.717) is 12.7 Å². The van der Waals surface area contributed by atoms with Crippen LogP contribution in [0.4, 0.5) is 0 Å². The molecule has 60 valence electrons. The van der Waals surface area contributed by atoms with Crippen molar-refractivity contribution >= 4 is 0 Å². The Bertz CT molecular complexity index is 102. The maximum absolute atomic E-state index is 8.51. The average molecular weight is 144 g/mol. The first-order valence-electron chi connectivity index (χ1n) is 3.93. The van der Waals surface area contributed by atoms with Crippen molar-refractivity contribution in [2.75, 3.05) is 6.61 Å². The fraction of sp³-hybridized carbons (Fsp3) is 1.00. The van der Waals surface area contributed by atoms with E-state index in [4.69, 9.17) is 9.84 Å². The third kappa shape index (κ3) is 1.96. The van der Waals surface area contributed by atoms with Crippen molar-refractivity contribution in [2.45, 2.75) is 44.8 Å². The Morgan fingerprint density at radius 2 is 2.20 bits per heavy atom. The maximum Gasteiger partial charge on any atom is 0.0655 e. The summed E-state index contributed by atoms with van der Waals surface area (Å²) in [4.78, 5) is 0. The SMILES string of the molecule is CC1(C)CC(CCCO)O1. The summed E-state index contributed by atoms with van der Waals surface area (Å²) in [5.74, 6) is 0. The Morgan fingerprint density at radius 3 is 2.60 bits per heavy atom. The summed E-state index contributed by atoms with van der Waals surface area (Å²) >= 11 is 0. The van der Waals surface area contributed by atoms with Gasteiger partial charge in [0.2, 0.25) is 0 Å². The van der Waals surface area contributed by atoms with Gasteiger partial charge in [-0.3, -0.25) is 0 Å². The van der Waals surface area contributed by atoms with Crippen molar-refractivity contribution in [3.63, 3.8) is 0 Å². The molecule has 1 rings (SSSR count). The lowest BCUT2D eigenvalue weighted by Crippen LogP contribution is -2.45. The molecule has 1 unspecified atom stereocenters. The van der Waals surface area contributed by atoms with Gasteiger partial charge >= 0.3 is 0 Å². The average Bonchev–Trinajstić information content (AvgIpc) is 1.78. The van der Waals surface area contributed by atoms with Gasteiger partial charge in [-0.1, -0.05) is 0 Å². The first kappa shape index (κ1) is 8.02. The molecule has 2 heteroatoms. The van der Waals surface area contributed by atoms with Gasteiger partial charge < -0.3 is 9.84 Å². The third-order valence-corrected chi connectivity index (χ3v) is 1.89. The van der Waals surface area contributed by atoms with Crippen LogP contribution >= 0.6 is 0 Å². The van der Waals surface area contributed by atoms with Gasteiger partial charge in [0.05, 0.1) is 11.7 Å². The number of rotatable bonds is 3.